The first kappa shape index (κ1) is 14.2. The lowest BCUT2D eigenvalue weighted by Crippen LogP contribution is -2.26. The van der Waals surface area contributed by atoms with Crippen molar-refractivity contribution in [1.82, 2.24) is 14.9 Å². The van der Waals surface area contributed by atoms with Crippen molar-refractivity contribution in [3.63, 3.8) is 0 Å². The van der Waals surface area contributed by atoms with E-state index < -0.39 is 0 Å². The molecule has 116 valence electrons. The van der Waals surface area contributed by atoms with Gasteiger partial charge in [-0.3, -0.25) is 9.82 Å². The second-order valence-electron chi connectivity index (χ2n) is 5.14. The van der Waals surface area contributed by atoms with E-state index in [-0.39, 0.29) is 5.75 Å². The number of guanidine groups is 1. The summed E-state index contributed by atoms with van der Waals surface area (Å²) in [5.74, 6) is 0.600. The zero-order valence-electron chi connectivity index (χ0n) is 12.0. The third-order valence-corrected chi connectivity index (χ3v) is 4.55. The van der Waals surface area contributed by atoms with E-state index in [4.69, 9.17) is 11.6 Å². The van der Waals surface area contributed by atoms with Gasteiger partial charge in [0.1, 0.15) is 11.4 Å². The van der Waals surface area contributed by atoms with E-state index in [0.717, 1.165) is 27.2 Å². The van der Waals surface area contributed by atoms with Gasteiger partial charge in [-0.25, -0.2) is 4.99 Å². The molecule has 1 aliphatic heterocycles. The summed E-state index contributed by atoms with van der Waals surface area (Å²) in [5, 5.41) is 21.9. The lowest BCUT2D eigenvalue weighted by Gasteiger charge is -2.18. The van der Waals surface area contributed by atoms with E-state index in [1.165, 1.54) is 18.0 Å². The highest BCUT2D eigenvalue weighted by atomic mass is 35.5. The monoisotopic (exact) mass is 345 g/mol. The van der Waals surface area contributed by atoms with Crippen molar-refractivity contribution in [1.29, 1.82) is 0 Å². The van der Waals surface area contributed by atoms with Crippen LogP contribution in [0.3, 0.4) is 0 Å². The number of hydrogen-bond acceptors (Lipinski definition) is 6. The first-order chi connectivity index (χ1) is 11.1. The molecule has 6 nitrogen and oxygen atoms in total. The summed E-state index contributed by atoms with van der Waals surface area (Å²) < 4.78 is 3.10. The Bertz CT molecular complexity index is 952. The Labute approximate surface area is 141 Å². The summed E-state index contributed by atoms with van der Waals surface area (Å²) in [6.45, 7) is 1.98. The van der Waals surface area contributed by atoms with Crippen molar-refractivity contribution < 1.29 is 5.11 Å². The second kappa shape index (κ2) is 5.36. The molecule has 1 aromatic heterocycles. The van der Waals surface area contributed by atoms with E-state index >= 15 is 0 Å². The molecule has 8 heteroatoms. The van der Waals surface area contributed by atoms with E-state index in [2.05, 4.69) is 25.2 Å². The topological polar surface area (TPSA) is 85.3 Å². The number of phenols is 1. The number of hydrogen-bond donors (Lipinski definition) is 4. The third-order valence-electron chi connectivity index (χ3n) is 3.51. The highest BCUT2D eigenvalue weighted by Gasteiger charge is 2.17. The highest BCUT2D eigenvalue weighted by molar-refractivity contribution is 7.98. The fraction of sp³-hybridized carbons (Fsp3) is 0.0667. The van der Waals surface area contributed by atoms with Crippen molar-refractivity contribution in [3.8, 4) is 5.75 Å². The molecule has 2 aromatic carbocycles. The molecule has 0 aliphatic carbocycles. The van der Waals surface area contributed by atoms with Crippen LogP contribution in [-0.2, 0) is 0 Å². The van der Waals surface area contributed by atoms with Gasteiger partial charge in [-0.05, 0) is 43.1 Å². The quantitative estimate of drug-likeness (QED) is 0.502. The molecule has 0 saturated carbocycles. The minimum absolute atomic E-state index is 0.0573. The number of nitrogens with zero attached hydrogens (tertiary/aromatic N) is 2. The number of halogens is 1. The molecule has 4 N–H and O–H groups in total. The standard InChI is InChI=1S/C15H12ClN5OS/c1-7-10-6-9(2-3-11(10)20-19-7)17-15-18-14-12(22)4-8(16)5-13(14)23-21-15/h2-6,22H,1H3,(H,19,20)(H2,17,18,21). The number of phenolic OH excluding ortho intramolecular Hbond substituents is 1. The smallest absolute Gasteiger partial charge is 0.211 e. The molecule has 0 fully saturated rings. The van der Waals surface area contributed by atoms with E-state index in [1.807, 2.05) is 25.1 Å². The van der Waals surface area contributed by atoms with Crippen LogP contribution >= 0.6 is 23.5 Å². The van der Waals surface area contributed by atoms with Gasteiger partial charge in [0.25, 0.3) is 0 Å². The van der Waals surface area contributed by atoms with Gasteiger partial charge in [0.15, 0.2) is 0 Å². The largest absolute Gasteiger partial charge is 0.506 e. The fourth-order valence-electron chi connectivity index (χ4n) is 2.39. The van der Waals surface area contributed by atoms with Crippen LogP contribution in [0.5, 0.6) is 5.75 Å². The number of H-pyrrole nitrogens is 1. The number of fused-ring (bicyclic) bond motifs is 2. The maximum atomic E-state index is 10.00. The number of rotatable bonds is 1. The summed E-state index contributed by atoms with van der Waals surface area (Å²) in [6, 6.07) is 9.10. The van der Waals surface area contributed by atoms with Gasteiger partial charge in [-0.1, -0.05) is 11.6 Å². The van der Waals surface area contributed by atoms with Crippen LogP contribution in [0.4, 0.5) is 11.4 Å². The Hall–Kier alpha value is -2.38. The number of anilines is 1. The number of aryl methyl sites for hydroxylation is 1. The summed E-state index contributed by atoms with van der Waals surface area (Å²) in [4.78, 5) is 5.19. The maximum Gasteiger partial charge on any atom is 0.211 e. The maximum absolute atomic E-state index is 10.00. The van der Waals surface area contributed by atoms with Crippen LogP contribution in [0.1, 0.15) is 5.69 Å². The van der Waals surface area contributed by atoms with Crippen LogP contribution < -0.4 is 10.0 Å². The SMILES string of the molecule is Cc1[nH]nc2ccc(NC3=Nc4c(O)cc(Cl)cc4SN3)cc12. The predicted octanol–water partition coefficient (Wildman–Crippen LogP) is 3.94. The molecule has 0 spiro atoms. The minimum atomic E-state index is 0.0573. The van der Waals surface area contributed by atoms with Gasteiger partial charge in [-0.2, -0.15) is 5.10 Å². The van der Waals surface area contributed by atoms with Crippen molar-refractivity contribution >= 4 is 51.8 Å². The Morgan fingerprint density at radius 3 is 3.00 bits per heavy atom. The number of aromatic nitrogens is 2. The average Bonchev–Trinajstić information content (AvgIpc) is 2.89. The lowest BCUT2D eigenvalue weighted by molar-refractivity contribution is 0.475. The van der Waals surface area contributed by atoms with Crippen LogP contribution in [-0.4, -0.2) is 21.3 Å². The second-order valence-corrected chi connectivity index (χ2v) is 6.43. The molecule has 4 rings (SSSR count). The van der Waals surface area contributed by atoms with E-state index in [9.17, 15) is 5.11 Å². The number of aromatic amines is 1. The van der Waals surface area contributed by atoms with Crippen LogP contribution in [0.15, 0.2) is 40.2 Å². The molecule has 0 amide bonds. The molecule has 0 unspecified atom stereocenters. The van der Waals surface area contributed by atoms with Crippen LogP contribution in [0.2, 0.25) is 5.02 Å². The Balaban J connectivity index is 1.68. The van der Waals surface area contributed by atoms with Crippen molar-refractivity contribution in [2.24, 2.45) is 4.99 Å². The summed E-state index contributed by atoms with van der Waals surface area (Å²) in [5.41, 5.74) is 3.31. The fourth-order valence-corrected chi connectivity index (χ4v) is 3.41. The lowest BCUT2D eigenvalue weighted by atomic mass is 10.2. The van der Waals surface area contributed by atoms with Gasteiger partial charge in [0.2, 0.25) is 5.96 Å². The van der Waals surface area contributed by atoms with Gasteiger partial charge >= 0.3 is 0 Å². The Morgan fingerprint density at radius 1 is 1.26 bits per heavy atom. The minimum Gasteiger partial charge on any atom is -0.506 e. The van der Waals surface area contributed by atoms with E-state index in [1.54, 1.807) is 6.07 Å². The van der Waals surface area contributed by atoms with Gasteiger partial charge in [-0.15, -0.1) is 0 Å². The first-order valence-electron chi connectivity index (χ1n) is 6.86. The normalized spacial score (nSPS) is 13.4. The molecule has 3 aromatic rings. The Kier molecular flexibility index (Phi) is 3.32. The van der Waals surface area contributed by atoms with Gasteiger partial charge in [0, 0.05) is 27.9 Å². The number of aliphatic imine (C=N–C) groups is 1. The van der Waals surface area contributed by atoms with Crippen LogP contribution in [0, 0.1) is 6.92 Å². The summed E-state index contributed by atoms with van der Waals surface area (Å²) >= 11 is 7.28. The zero-order valence-corrected chi connectivity index (χ0v) is 13.6. The van der Waals surface area contributed by atoms with Gasteiger partial charge in [0.05, 0.1) is 10.4 Å². The molecule has 0 atom stereocenters. The molecule has 2 heterocycles. The molecule has 23 heavy (non-hydrogen) atoms. The molecular weight excluding hydrogens is 334 g/mol. The molecule has 0 bridgehead atoms. The summed E-state index contributed by atoms with van der Waals surface area (Å²) in [7, 11) is 0. The molecule has 0 radical (unpaired) electrons. The van der Waals surface area contributed by atoms with Gasteiger partial charge < -0.3 is 10.4 Å². The number of aromatic hydroxyl groups is 1. The number of nitrogens with one attached hydrogen (secondary N) is 3. The van der Waals surface area contributed by atoms with Crippen LogP contribution in [0.25, 0.3) is 10.9 Å². The highest BCUT2D eigenvalue weighted by Crippen LogP contribution is 2.41. The van der Waals surface area contributed by atoms with Crippen molar-refractivity contribution in [2.75, 3.05) is 5.32 Å². The van der Waals surface area contributed by atoms with Crippen molar-refractivity contribution in [2.45, 2.75) is 11.8 Å². The molecule has 1 aliphatic rings. The molecular formula is C15H12ClN5OS. The zero-order chi connectivity index (χ0) is 16.0. The van der Waals surface area contributed by atoms with E-state index in [0.29, 0.717) is 16.7 Å². The first-order valence-corrected chi connectivity index (χ1v) is 8.05. The Morgan fingerprint density at radius 2 is 2.13 bits per heavy atom. The number of benzene rings is 2. The molecule has 0 saturated heterocycles. The third kappa shape index (κ3) is 2.58. The predicted molar refractivity (Wildman–Crippen MR) is 93.7 cm³/mol. The summed E-state index contributed by atoms with van der Waals surface area (Å²) in [6.07, 6.45) is 0. The van der Waals surface area contributed by atoms with Crippen molar-refractivity contribution in [3.05, 3.63) is 41.0 Å². The average molecular weight is 346 g/mol.